The molecule has 7 heteroatoms. The number of hydrogen-bond acceptors (Lipinski definition) is 6. The number of piperidine rings is 1. The summed E-state index contributed by atoms with van der Waals surface area (Å²) in [6, 6.07) is 20.9. The quantitative estimate of drug-likeness (QED) is 0.195. The van der Waals surface area contributed by atoms with Gasteiger partial charge in [0, 0.05) is 18.2 Å². The molecular formula is C31H35NO5S. The molecule has 1 aliphatic heterocycles. The van der Waals surface area contributed by atoms with Gasteiger partial charge in [-0.2, -0.15) is 0 Å². The summed E-state index contributed by atoms with van der Waals surface area (Å²) in [5.41, 5.74) is 0.819. The van der Waals surface area contributed by atoms with E-state index in [0.29, 0.717) is 33.4 Å². The number of likely N-dealkylation sites (tertiary alicyclic amines) is 1. The number of benzene rings is 3. The van der Waals surface area contributed by atoms with Crippen molar-refractivity contribution >= 4 is 20.8 Å². The summed E-state index contributed by atoms with van der Waals surface area (Å²) in [5, 5.41) is 0.798. The molecule has 1 saturated heterocycles. The maximum absolute atomic E-state index is 13.8. The molecule has 1 aliphatic rings. The summed E-state index contributed by atoms with van der Waals surface area (Å²) in [7, 11) is 0.198. The monoisotopic (exact) mass is 533 g/mol. The van der Waals surface area contributed by atoms with Gasteiger partial charge in [0.15, 0.2) is 10.4 Å². The lowest BCUT2D eigenvalue weighted by molar-refractivity contribution is 0.183. The molecule has 1 unspecified atom stereocenters. The third-order valence-electron chi connectivity index (χ3n) is 6.68. The molecule has 0 amide bonds. The summed E-state index contributed by atoms with van der Waals surface area (Å²) in [5.74, 6) is 3.47. The molecule has 0 saturated carbocycles. The molecule has 2 heterocycles. The minimum absolute atomic E-state index is 0.0215. The zero-order valence-corrected chi connectivity index (χ0v) is 23.1. The Morgan fingerprint density at radius 3 is 2.18 bits per heavy atom. The Labute approximate surface area is 227 Å². The normalized spacial score (nSPS) is 14.6. The van der Waals surface area contributed by atoms with Gasteiger partial charge in [0.25, 0.3) is 0 Å². The van der Waals surface area contributed by atoms with Crippen molar-refractivity contribution in [2.75, 3.05) is 33.4 Å². The Balaban J connectivity index is 1.40. The molecule has 6 nitrogen and oxygen atoms in total. The van der Waals surface area contributed by atoms with E-state index in [4.69, 9.17) is 18.9 Å². The maximum Gasteiger partial charge on any atom is 0.223 e. The van der Waals surface area contributed by atoms with Crippen LogP contribution in [0.3, 0.4) is 0 Å². The van der Waals surface area contributed by atoms with E-state index in [1.165, 1.54) is 19.3 Å². The zero-order chi connectivity index (χ0) is 26.5. The van der Waals surface area contributed by atoms with Crippen molar-refractivity contribution in [1.82, 2.24) is 4.90 Å². The van der Waals surface area contributed by atoms with Crippen LogP contribution in [0, 0.1) is 0 Å². The summed E-state index contributed by atoms with van der Waals surface area (Å²) < 4.78 is 38.0. The van der Waals surface area contributed by atoms with Crippen LogP contribution in [0.5, 0.6) is 28.7 Å². The first kappa shape index (κ1) is 26.4. The predicted molar refractivity (Wildman–Crippen MR) is 153 cm³/mol. The Kier molecular flexibility index (Phi) is 8.37. The Hall–Kier alpha value is -3.26. The van der Waals surface area contributed by atoms with E-state index < -0.39 is 10.8 Å². The smallest absolute Gasteiger partial charge is 0.223 e. The molecule has 1 atom stereocenters. The second-order valence-corrected chi connectivity index (χ2v) is 11.2. The number of rotatable bonds is 10. The van der Waals surface area contributed by atoms with Crippen molar-refractivity contribution in [2.24, 2.45) is 0 Å². The highest BCUT2D eigenvalue weighted by Crippen LogP contribution is 2.52. The topological polar surface area (TPSA) is 63.2 Å². The van der Waals surface area contributed by atoms with Crippen LogP contribution in [0.15, 0.2) is 66.7 Å². The van der Waals surface area contributed by atoms with Gasteiger partial charge in [-0.1, -0.05) is 6.42 Å². The van der Waals surface area contributed by atoms with Crippen LogP contribution in [0.2, 0.25) is 0 Å². The third-order valence-corrected chi connectivity index (χ3v) is 8.21. The number of thiophene rings is 1. The summed E-state index contributed by atoms with van der Waals surface area (Å²) in [6.45, 7) is 7.88. The lowest BCUT2D eigenvalue weighted by atomic mass is 10.1. The number of nitrogens with zero attached hydrogens (tertiary/aromatic N) is 1. The molecule has 1 fully saturated rings. The van der Waals surface area contributed by atoms with E-state index in [9.17, 15) is 4.55 Å². The maximum atomic E-state index is 13.8. The molecule has 0 aliphatic carbocycles. The van der Waals surface area contributed by atoms with Gasteiger partial charge in [-0.05, 0) is 111 Å². The molecule has 4 aromatic rings. The fourth-order valence-electron chi connectivity index (χ4n) is 4.78. The minimum atomic E-state index is -1.43. The van der Waals surface area contributed by atoms with E-state index in [-0.39, 0.29) is 6.10 Å². The van der Waals surface area contributed by atoms with Crippen molar-refractivity contribution in [2.45, 2.75) is 39.2 Å². The van der Waals surface area contributed by atoms with Gasteiger partial charge in [0.1, 0.15) is 29.6 Å². The fraction of sp³-hybridized carbons (Fsp3) is 0.355. The molecule has 0 bridgehead atoms. The second-order valence-electron chi connectivity index (χ2n) is 9.80. The summed E-state index contributed by atoms with van der Waals surface area (Å²) in [6.07, 6.45) is 3.91. The predicted octanol–water partition coefficient (Wildman–Crippen LogP) is 7.69. The number of fused-ring (bicyclic) bond motifs is 1. The van der Waals surface area contributed by atoms with E-state index in [0.717, 1.165) is 42.1 Å². The van der Waals surface area contributed by atoms with Crippen molar-refractivity contribution in [1.29, 1.82) is 0 Å². The highest BCUT2D eigenvalue weighted by Gasteiger charge is 2.27. The molecule has 200 valence electrons. The summed E-state index contributed by atoms with van der Waals surface area (Å²) >= 11 is 0. The molecule has 38 heavy (non-hydrogen) atoms. The van der Waals surface area contributed by atoms with Crippen LogP contribution >= 0.6 is 10.8 Å². The van der Waals surface area contributed by atoms with Crippen molar-refractivity contribution in [3.05, 3.63) is 66.7 Å². The van der Waals surface area contributed by atoms with Crippen LogP contribution < -0.4 is 18.9 Å². The number of hydrogen-bond donors (Lipinski definition) is 0. The van der Waals surface area contributed by atoms with E-state index in [1.54, 1.807) is 7.11 Å². The molecule has 5 rings (SSSR count). The SMILES string of the molecule is COc1ccc(-c2c(Oc3ccc(OCCN4CCCCC4)cc3)c3ccc(OC(C)C)cc3[s+]2[O-])cc1. The molecule has 0 spiro atoms. The van der Waals surface area contributed by atoms with Gasteiger partial charge in [0.2, 0.25) is 4.88 Å². The molecular weight excluding hydrogens is 498 g/mol. The van der Waals surface area contributed by atoms with Gasteiger partial charge >= 0.3 is 0 Å². The Morgan fingerprint density at radius 2 is 1.50 bits per heavy atom. The first-order valence-corrected chi connectivity index (χ1v) is 14.4. The van der Waals surface area contributed by atoms with Gasteiger partial charge in [-0.3, -0.25) is 4.90 Å². The fourth-order valence-corrected chi connectivity index (χ4v) is 6.26. The van der Waals surface area contributed by atoms with Gasteiger partial charge in [-0.25, -0.2) is 0 Å². The van der Waals surface area contributed by atoms with E-state index in [1.807, 2.05) is 80.6 Å². The highest BCUT2D eigenvalue weighted by molar-refractivity contribution is 7.35. The Bertz CT molecular complexity index is 1340. The molecule has 1 aromatic heterocycles. The standard InChI is InChI=1S/C31H35NO5S/c1-22(2)36-27-15-16-28-29(21-27)38(33)31(23-7-9-24(34-3)10-8-23)30(28)37-26-13-11-25(12-14-26)35-20-19-32-17-5-4-6-18-32/h7-16,21-22H,4-6,17-20H2,1-3H3. The average Bonchev–Trinajstić information content (AvgIpc) is 3.20. The van der Waals surface area contributed by atoms with Crippen molar-refractivity contribution in [3.8, 4) is 39.2 Å². The first-order chi connectivity index (χ1) is 18.5. The van der Waals surface area contributed by atoms with Gasteiger partial charge in [0.05, 0.1) is 18.6 Å². The number of methoxy groups -OCH3 is 1. The van der Waals surface area contributed by atoms with Crippen LogP contribution in [0.4, 0.5) is 0 Å². The second kappa shape index (κ2) is 12.1. The van der Waals surface area contributed by atoms with Crippen LogP contribution in [-0.4, -0.2) is 48.9 Å². The van der Waals surface area contributed by atoms with E-state index >= 15 is 0 Å². The lowest BCUT2D eigenvalue weighted by Gasteiger charge is -2.26. The van der Waals surface area contributed by atoms with Crippen LogP contribution in [-0.2, 0) is 0 Å². The average molecular weight is 534 g/mol. The summed E-state index contributed by atoms with van der Waals surface area (Å²) in [4.78, 5) is 3.09. The lowest BCUT2D eigenvalue weighted by Crippen LogP contribution is -2.33. The van der Waals surface area contributed by atoms with Gasteiger partial charge < -0.3 is 23.5 Å². The highest BCUT2D eigenvalue weighted by atomic mass is 32.2. The van der Waals surface area contributed by atoms with Crippen LogP contribution in [0.1, 0.15) is 33.1 Å². The van der Waals surface area contributed by atoms with Gasteiger partial charge in [-0.15, -0.1) is 0 Å². The first-order valence-electron chi connectivity index (χ1n) is 13.3. The molecule has 0 N–H and O–H groups in total. The largest absolute Gasteiger partial charge is 0.590 e. The van der Waals surface area contributed by atoms with E-state index in [2.05, 4.69) is 4.90 Å². The zero-order valence-electron chi connectivity index (χ0n) is 22.3. The van der Waals surface area contributed by atoms with Crippen molar-refractivity contribution in [3.63, 3.8) is 0 Å². The number of ether oxygens (including phenoxy) is 4. The third kappa shape index (κ3) is 6.07. The minimum Gasteiger partial charge on any atom is -0.590 e. The molecule has 3 aromatic carbocycles. The van der Waals surface area contributed by atoms with Crippen molar-refractivity contribution < 1.29 is 23.5 Å². The molecule has 0 radical (unpaired) electrons. The van der Waals surface area contributed by atoms with Crippen LogP contribution in [0.25, 0.3) is 20.5 Å². The Morgan fingerprint density at radius 1 is 0.842 bits per heavy atom.